The Balaban J connectivity index is 1.56. The van der Waals surface area contributed by atoms with Crippen molar-refractivity contribution < 1.29 is 14.7 Å². The van der Waals surface area contributed by atoms with Gasteiger partial charge in [0.05, 0.1) is 22.3 Å². The molecule has 0 saturated heterocycles. The number of phenolic OH excluding ortho intramolecular Hbond substituents is 1. The molecule has 2 amide bonds. The van der Waals surface area contributed by atoms with Crippen LogP contribution < -0.4 is 10.2 Å². The van der Waals surface area contributed by atoms with Gasteiger partial charge in [0.15, 0.2) is 0 Å². The number of phenols is 1. The topological polar surface area (TPSA) is 113 Å². The van der Waals surface area contributed by atoms with Crippen molar-refractivity contribution in [2.75, 3.05) is 16.8 Å². The van der Waals surface area contributed by atoms with Gasteiger partial charge in [0.2, 0.25) is 17.0 Å². The average Bonchev–Trinajstić information content (AvgIpc) is 3.15. The van der Waals surface area contributed by atoms with Gasteiger partial charge in [0, 0.05) is 0 Å². The number of tetrazole rings is 1. The van der Waals surface area contributed by atoms with Crippen LogP contribution in [0.25, 0.3) is 5.69 Å². The minimum absolute atomic E-state index is 0.0380. The van der Waals surface area contributed by atoms with Crippen molar-refractivity contribution in [3.05, 3.63) is 48.5 Å². The molecule has 2 heterocycles. The molecule has 0 spiro atoms. The van der Waals surface area contributed by atoms with Crippen molar-refractivity contribution >= 4 is 35.0 Å². The maximum atomic E-state index is 13.0. The molecule has 1 atom stereocenters. The van der Waals surface area contributed by atoms with Crippen LogP contribution in [-0.2, 0) is 9.59 Å². The molecule has 0 unspecified atom stereocenters. The van der Waals surface area contributed by atoms with Gasteiger partial charge < -0.3 is 10.4 Å². The fourth-order valence-electron chi connectivity index (χ4n) is 2.87. The summed E-state index contributed by atoms with van der Waals surface area (Å²) >= 11 is 1.19. The van der Waals surface area contributed by atoms with Crippen LogP contribution in [0.3, 0.4) is 0 Å². The van der Waals surface area contributed by atoms with Crippen molar-refractivity contribution in [2.24, 2.45) is 0 Å². The van der Waals surface area contributed by atoms with Crippen LogP contribution in [0.15, 0.2) is 53.7 Å². The lowest BCUT2D eigenvalue weighted by atomic mass is 10.2. The first-order valence-corrected chi connectivity index (χ1v) is 9.35. The molecule has 0 aliphatic carbocycles. The van der Waals surface area contributed by atoms with Crippen LogP contribution in [0.5, 0.6) is 5.75 Å². The molecule has 2 aromatic carbocycles. The zero-order valence-electron chi connectivity index (χ0n) is 14.8. The Hall–Kier alpha value is -3.40. The van der Waals surface area contributed by atoms with E-state index in [-0.39, 0.29) is 24.1 Å². The molecule has 1 aliphatic rings. The Labute approximate surface area is 164 Å². The van der Waals surface area contributed by atoms with Crippen LogP contribution in [0, 0.1) is 0 Å². The van der Waals surface area contributed by atoms with E-state index in [4.69, 9.17) is 0 Å². The Kier molecular flexibility index (Phi) is 4.70. The molecule has 28 heavy (non-hydrogen) atoms. The van der Waals surface area contributed by atoms with E-state index in [1.807, 2.05) is 6.07 Å². The molecule has 2 N–H and O–H groups in total. The fourth-order valence-corrected chi connectivity index (χ4v) is 3.74. The van der Waals surface area contributed by atoms with E-state index in [1.54, 1.807) is 37.3 Å². The average molecular weight is 396 g/mol. The second kappa shape index (κ2) is 7.31. The molecule has 4 rings (SSSR count). The smallest absolute Gasteiger partial charge is 0.244 e. The Morgan fingerprint density at radius 1 is 1.21 bits per heavy atom. The number of anilines is 2. The van der Waals surface area contributed by atoms with Crippen LogP contribution in [-0.4, -0.2) is 48.9 Å². The Morgan fingerprint density at radius 3 is 2.75 bits per heavy atom. The van der Waals surface area contributed by atoms with Gasteiger partial charge in [-0.3, -0.25) is 14.5 Å². The first-order valence-electron chi connectivity index (χ1n) is 8.47. The standard InChI is InChI=1S/C18H16N6O3S/c1-11(17(27)23-10-16(26)19-14-4-2-3-5-15(14)23)28-18-20-21-22-24(18)12-6-8-13(25)9-7-12/h2-9,11,25H,10H2,1H3,(H,19,26)/t11-/m1/s1. The molecule has 0 saturated carbocycles. The number of hydrogen-bond acceptors (Lipinski definition) is 7. The minimum Gasteiger partial charge on any atom is -0.508 e. The largest absolute Gasteiger partial charge is 0.508 e. The third kappa shape index (κ3) is 3.41. The number of para-hydroxylation sites is 2. The number of aromatic hydroxyl groups is 1. The first kappa shape index (κ1) is 18.0. The highest BCUT2D eigenvalue weighted by molar-refractivity contribution is 8.00. The number of amides is 2. The van der Waals surface area contributed by atoms with E-state index in [9.17, 15) is 14.7 Å². The number of fused-ring (bicyclic) bond motifs is 1. The summed E-state index contributed by atoms with van der Waals surface area (Å²) in [4.78, 5) is 26.5. The summed E-state index contributed by atoms with van der Waals surface area (Å²) in [6.07, 6.45) is 0. The number of rotatable bonds is 4. The summed E-state index contributed by atoms with van der Waals surface area (Å²) < 4.78 is 1.49. The second-order valence-corrected chi connectivity index (χ2v) is 7.45. The van der Waals surface area contributed by atoms with Gasteiger partial charge in [-0.2, -0.15) is 4.68 Å². The van der Waals surface area contributed by atoms with Crippen molar-refractivity contribution in [1.82, 2.24) is 20.2 Å². The number of benzene rings is 2. The molecule has 1 aromatic heterocycles. The summed E-state index contributed by atoms with van der Waals surface area (Å²) in [6.45, 7) is 1.71. The lowest BCUT2D eigenvalue weighted by Gasteiger charge is -2.30. The van der Waals surface area contributed by atoms with Crippen LogP contribution in [0.1, 0.15) is 6.92 Å². The van der Waals surface area contributed by atoms with Crippen LogP contribution >= 0.6 is 11.8 Å². The van der Waals surface area contributed by atoms with E-state index in [0.717, 1.165) is 0 Å². The SMILES string of the molecule is C[C@@H](Sc1nnnn1-c1ccc(O)cc1)C(=O)N1CC(=O)Nc2ccccc21. The number of nitrogens with zero attached hydrogens (tertiary/aromatic N) is 5. The summed E-state index contributed by atoms with van der Waals surface area (Å²) in [5.74, 6) is -0.317. The second-order valence-electron chi connectivity index (χ2n) is 6.14. The number of aromatic nitrogens is 4. The van der Waals surface area contributed by atoms with E-state index in [1.165, 1.54) is 33.5 Å². The molecule has 0 fully saturated rings. The van der Waals surface area contributed by atoms with Gasteiger partial charge >= 0.3 is 0 Å². The zero-order chi connectivity index (χ0) is 19.7. The van der Waals surface area contributed by atoms with Crippen molar-refractivity contribution in [3.63, 3.8) is 0 Å². The van der Waals surface area contributed by atoms with E-state index in [2.05, 4.69) is 20.8 Å². The van der Waals surface area contributed by atoms with Gasteiger partial charge in [-0.1, -0.05) is 23.9 Å². The Morgan fingerprint density at radius 2 is 1.96 bits per heavy atom. The van der Waals surface area contributed by atoms with Crippen molar-refractivity contribution in [2.45, 2.75) is 17.3 Å². The highest BCUT2D eigenvalue weighted by atomic mass is 32.2. The summed E-state index contributed by atoms with van der Waals surface area (Å²) in [5.41, 5.74) is 1.93. The van der Waals surface area contributed by atoms with Crippen molar-refractivity contribution in [1.29, 1.82) is 0 Å². The molecular formula is C18H16N6O3S. The number of thioether (sulfide) groups is 1. The molecule has 9 nitrogen and oxygen atoms in total. The predicted octanol–water partition coefficient (Wildman–Crippen LogP) is 1.83. The van der Waals surface area contributed by atoms with Gasteiger partial charge in [-0.05, 0) is 53.7 Å². The van der Waals surface area contributed by atoms with Crippen LogP contribution in [0.4, 0.5) is 11.4 Å². The molecule has 10 heteroatoms. The lowest BCUT2D eigenvalue weighted by molar-refractivity contribution is -0.121. The normalized spacial score (nSPS) is 14.3. The van der Waals surface area contributed by atoms with Crippen LogP contribution in [0.2, 0.25) is 0 Å². The quantitative estimate of drug-likeness (QED) is 0.647. The van der Waals surface area contributed by atoms with Gasteiger partial charge in [-0.15, -0.1) is 5.10 Å². The highest BCUT2D eigenvalue weighted by Crippen LogP contribution is 2.32. The molecule has 3 aromatic rings. The third-order valence-corrected chi connectivity index (χ3v) is 5.22. The zero-order valence-corrected chi connectivity index (χ0v) is 15.6. The molecule has 1 aliphatic heterocycles. The predicted molar refractivity (Wildman–Crippen MR) is 104 cm³/mol. The third-order valence-electron chi connectivity index (χ3n) is 4.20. The van der Waals surface area contributed by atoms with E-state index in [0.29, 0.717) is 22.2 Å². The Bertz CT molecular complexity index is 1040. The molecular weight excluding hydrogens is 380 g/mol. The van der Waals surface area contributed by atoms with E-state index >= 15 is 0 Å². The van der Waals surface area contributed by atoms with Gasteiger partial charge in [0.1, 0.15) is 12.3 Å². The molecule has 0 bridgehead atoms. The maximum absolute atomic E-state index is 13.0. The summed E-state index contributed by atoms with van der Waals surface area (Å²) in [5, 5.41) is 23.7. The number of carbonyl (C=O) groups excluding carboxylic acids is 2. The maximum Gasteiger partial charge on any atom is 0.244 e. The highest BCUT2D eigenvalue weighted by Gasteiger charge is 2.31. The van der Waals surface area contributed by atoms with Gasteiger partial charge in [-0.25, -0.2) is 0 Å². The molecule has 0 radical (unpaired) electrons. The van der Waals surface area contributed by atoms with Crippen molar-refractivity contribution in [3.8, 4) is 11.4 Å². The van der Waals surface area contributed by atoms with E-state index < -0.39 is 5.25 Å². The lowest BCUT2D eigenvalue weighted by Crippen LogP contribution is -2.45. The number of carbonyl (C=O) groups is 2. The fraction of sp³-hybridized carbons (Fsp3) is 0.167. The summed E-state index contributed by atoms with van der Waals surface area (Å²) in [6, 6.07) is 13.6. The number of hydrogen-bond donors (Lipinski definition) is 2. The minimum atomic E-state index is -0.527. The number of nitrogens with one attached hydrogen (secondary N) is 1. The molecule has 142 valence electrons. The monoisotopic (exact) mass is 396 g/mol. The first-order chi connectivity index (χ1) is 13.5. The summed E-state index contributed by atoms with van der Waals surface area (Å²) in [7, 11) is 0. The van der Waals surface area contributed by atoms with Gasteiger partial charge in [0.25, 0.3) is 0 Å².